The largest absolute Gasteiger partial charge is 0.387 e. The minimum absolute atomic E-state index is 0.288. The van der Waals surface area contributed by atoms with Crippen molar-refractivity contribution in [2.24, 2.45) is 0 Å². The van der Waals surface area contributed by atoms with Crippen molar-refractivity contribution in [2.75, 3.05) is 0 Å². The second-order valence-corrected chi connectivity index (χ2v) is 6.67. The lowest BCUT2D eigenvalue weighted by Gasteiger charge is -2.17. The zero-order chi connectivity index (χ0) is 18.9. The first-order valence-electron chi connectivity index (χ1n) is 7.60. The Kier molecular flexibility index (Phi) is 5.88. The molecule has 2 aromatic carbocycles. The lowest BCUT2D eigenvalue weighted by atomic mass is 9.94. The fourth-order valence-corrected chi connectivity index (χ4v) is 2.96. The van der Waals surface area contributed by atoms with Crippen LogP contribution in [-0.4, -0.2) is 17.0 Å². The SMILES string of the molecule is Cc1c(C)c(C(=O)OC(=O)[C@H](O)c2ccc(Cl)cc2)c(C)c(C)c1Cl. The highest BCUT2D eigenvalue weighted by atomic mass is 35.5. The van der Waals surface area contributed by atoms with Crippen LogP contribution in [-0.2, 0) is 9.53 Å². The van der Waals surface area contributed by atoms with Gasteiger partial charge in [-0.3, -0.25) is 0 Å². The van der Waals surface area contributed by atoms with Crippen LogP contribution in [0.1, 0.15) is 44.3 Å². The van der Waals surface area contributed by atoms with Crippen LogP contribution in [0.25, 0.3) is 0 Å². The van der Waals surface area contributed by atoms with Gasteiger partial charge in [0.1, 0.15) is 0 Å². The Balaban J connectivity index is 2.28. The molecule has 0 radical (unpaired) electrons. The molecule has 1 atom stereocenters. The van der Waals surface area contributed by atoms with Gasteiger partial charge in [-0.1, -0.05) is 35.3 Å². The number of aliphatic hydroxyl groups excluding tert-OH is 1. The van der Waals surface area contributed by atoms with E-state index in [1.54, 1.807) is 27.7 Å². The summed E-state index contributed by atoms with van der Waals surface area (Å²) in [5.74, 6) is -1.85. The van der Waals surface area contributed by atoms with E-state index >= 15 is 0 Å². The molecule has 0 aromatic heterocycles. The van der Waals surface area contributed by atoms with Gasteiger partial charge in [-0.25, -0.2) is 9.59 Å². The molecule has 2 aromatic rings. The molecule has 0 bridgehead atoms. The molecule has 6 heteroatoms. The summed E-state index contributed by atoms with van der Waals surface area (Å²) in [6.07, 6.45) is -1.57. The van der Waals surface area contributed by atoms with Gasteiger partial charge in [0, 0.05) is 10.0 Å². The van der Waals surface area contributed by atoms with Gasteiger partial charge in [0.2, 0.25) is 0 Å². The first-order valence-corrected chi connectivity index (χ1v) is 8.36. The number of hydrogen-bond acceptors (Lipinski definition) is 4. The Bertz CT molecular complexity index is 812. The third-order valence-corrected chi connectivity index (χ3v) is 5.16. The van der Waals surface area contributed by atoms with Crippen LogP contribution in [0.5, 0.6) is 0 Å². The molecule has 0 saturated heterocycles. The van der Waals surface area contributed by atoms with Crippen molar-refractivity contribution < 1.29 is 19.4 Å². The minimum atomic E-state index is -1.57. The number of carbonyl (C=O) groups excluding carboxylic acids is 2. The first-order chi connectivity index (χ1) is 11.6. The lowest BCUT2D eigenvalue weighted by Crippen LogP contribution is -2.21. The molecule has 0 heterocycles. The van der Waals surface area contributed by atoms with Crippen molar-refractivity contribution in [1.82, 2.24) is 0 Å². The summed E-state index contributed by atoms with van der Waals surface area (Å²) < 4.78 is 4.89. The molecule has 2 rings (SSSR count). The molecule has 132 valence electrons. The average Bonchev–Trinajstić information content (AvgIpc) is 2.58. The van der Waals surface area contributed by atoms with E-state index in [0.717, 1.165) is 11.1 Å². The van der Waals surface area contributed by atoms with Crippen molar-refractivity contribution in [1.29, 1.82) is 0 Å². The van der Waals surface area contributed by atoms with Crippen LogP contribution in [0.3, 0.4) is 0 Å². The molecule has 1 N–H and O–H groups in total. The summed E-state index contributed by atoms with van der Waals surface area (Å²) in [6, 6.07) is 6.06. The van der Waals surface area contributed by atoms with Crippen LogP contribution < -0.4 is 0 Å². The highest BCUT2D eigenvalue weighted by Gasteiger charge is 2.26. The third kappa shape index (κ3) is 3.87. The highest BCUT2D eigenvalue weighted by Crippen LogP contribution is 2.31. The van der Waals surface area contributed by atoms with Crippen LogP contribution >= 0.6 is 23.2 Å². The number of hydrogen-bond donors (Lipinski definition) is 1. The second kappa shape index (κ2) is 7.56. The summed E-state index contributed by atoms with van der Waals surface area (Å²) in [4.78, 5) is 24.6. The standard InChI is InChI=1S/C19H18Cl2O4/c1-9-11(3)16(21)12(4)10(2)15(9)18(23)25-19(24)17(22)13-5-7-14(20)8-6-13/h5-8,17,22H,1-4H3/t17-/m1/s1. The Morgan fingerprint density at radius 3 is 1.88 bits per heavy atom. The molecule has 0 fully saturated rings. The van der Waals surface area contributed by atoms with Gasteiger partial charge in [-0.2, -0.15) is 0 Å². The summed E-state index contributed by atoms with van der Waals surface area (Å²) in [5.41, 5.74) is 3.37. The molecule has 4 nitrogen and oxygen atoms in total. The van der Waals surface area contributed by atoms with E-state index in [4.69, 9.17) is 27.9 Å². The lowest BCUT2D eigenvalue weighted by molar-refractivity contribution is -0.147. The molecular weight excluding hydrogens is 363 g/mol. The van der Waals surface area contributed by atoms with Crippen LogP contribution in [0.15, 0.2) is 24.3 Å². The molecule has 0 spiro atoms. The van der Waals surface area contributed by atoms with E-state index in [1.165, 1.54) is 24.3 Å². The van der Waals surface area contributed by atoms with Crippen molar-refractivity contribution in [3.63, 3.8) is 0 Å². The zero-order valence-corrected chi connectivity index (χ0v) is 15.8. The monoisotopic (exact) mass is 380 g/mol. The molecule has 0 aliphatic heterocycles. The van der Waals surface area contributed by atoms with E-state index in [9.17, 15) is 14.7 Å². The van der Waals surface area contributed by atoms with Crippen molar-refractivity contribution in [3.05, 3.63) is 67.7 Å². The van der Waals surface area contributed by atoms with Gasteiger partial charge in [0.05, 0.1) is 5.56 Å². The average molecular weight is 381 g/mol. The molecule has 0 aliphatic carbocycles. The van der Waals surface area contributed by atoms with E-state index in [1.807, 2.05) is 0 Å². The van der Waals surface area contributed by atoms with Gasteiger partial charge in [0.25, 0.3) is 0 Å². The van der Waals surface area contributed by atoms with Gasteiger partial charge in [-0.15, -0.1) is 0 Å². The van der Waals surface area contributed by atoms with Crippen LogP contribution in [0, 0.1) is 27.7 Å². The molecule has 0 saturated carbocycles. The Hall–Kier alpha value is -1.88. The number of benzene rings is 2. The smallest absolute Gasteiger partial charge is 0.347 e. The third-order valence-electron chi connectivity index (χ3n) is 4.34. The van der Waals surface area contributed by atoms with E-state index in [-0.39, 0.29) is 5.56 Å². The number of aliphatic hydroxyl groups is 1. The summed E-state index contributed by atoms with van der Waals surface area (Å²) in [5, 5.41) is 11.1. The van der Waals surface area contributed by atoms with Crippen molar-refractivity contribution in [2.45, 2.75) is 33.8 Å². The summed E-state index contributed by atoms with van der Waals surface area (Å²) in [7, 11) is 0. The number of carbonyl (C=O) groups is 2. The van der Waals surface area contributed by atoms with Gasteiger partial charge in [0.15, 0.2) is 6.10 Å². The maximum Gasteiger partial charge on any atom is 0.347 e. The Morgan fingerprint density at radius 2 is 1.40 bits per heavy atom. The number of halogens is 2. The van der Waals surface area contributed by atoms with Crippen LogP contribution in [0.4, 0.5) is 0 Å². The van der Waals surface area contributed by atoms with Gasteiger partial charge < -0.3 is 9.84 Å². The van der Waals surface area contributed by atoms with Gasteiger partial charge in [-0.05, 0) is 67.6 Å². The fraction of sp³-hybridized carbons (Fsp3) is 0.263. The van der Waals surface area contributed by atoms with E-state index in [2.05, 4.69) is 0 Å². The Morgan fingerprint density at radius 1 is 0.920 bits per heavy atom. The molecule has 25 heavy (non-hydrogen) atoms. The van der Waals surface area contributed by atoms with E-state index < -0.39 is 18.0 Å². The first kappa shape index (κ1) is 19.4. The zero-order valence-electron chi connectivity index (χ0n) is 14.3. The second-order valence-electron chi connectivity index (χ2n) is 5.85. The molecule has 0 aliphatic rings. The summed E-state index contributed by atoms with van der Waals surface area (Å²) in [6.45, 7) is 7.07. The fourth-order valence-electron chi connectivity index (χ4n) is 2.55. The molecule has 0 amide bonds. The highest BCUT2D eigenvalue weighted by molar-refractivity contribution is 6.32. The van der Waals surface area contributed by atoms with Crippen LogP contribution in [0.2, 0.25) is 10.0 Å². The van der Waals surface area contributed by atoms with Crippen molar-refractivity contribution in [3.8, 4) is 0 Å². The molecular formula is C19H18Cl2O4. The quantitative estimate of drug-likeness (QED) is 0.621. The maximum absolute atomic E-state index is 12.5. The minimum Gasteiger partial charge on any atom is -0.387 e. The number of ether oxygens (including phenoxy) is 1. The number of rotatable bonds is 3. The van der Waals surface area contributed by atoms with E-state index in [0.29, 0.717) is 26.7 Å². The normalized spacial score (nSPS) is 12.0. The predicted octanol–water partition coefficient (Wildman–Crippen LogP) is 4.64. The number of esters is 2. The molecule has 0 unspecified atom stereocenters. The summed E-state index contributed by atoms with van der Waals surface area (Å²) >= 11 is 12.0. The predicted molar refractivity (Wildman–Crippen MR) is 97.2 cm³/mol. The Labute approximate surface area is 156 Å². The van der Waals surface area contributed by atoms with Gasteiger partial charge >= 0.3 is 11.9 Å². The maximum atomic E-state index is 12.5. The van der Waals surface area contributed by atoms with Crippen molar-refractivity contribution >= 4 is 35.1 Å². The topological polar surface area (TPSA) is 63.6 Å².